The Morgan fingerprint density at radius 2 is 2.10 bits per heavy atom. The minimum atomic E-state index is -0.711. The van der Waals surface area contributed by atoms with E-state index in [9.17, 15) is 4.21 Å². The van der Waals surface area contributed by atoms with Gasteiger partial charge in [-0.3, -0.25) is 9.20 Å². The second-order valence-corrected chi connectivity index (χ2v) is 10.0. The van der Waals surface area contributed by atoms with Crippen LogP contribution >= 0.6 is 0 Å². The van der Waals surface area contributed by atoms with E-state index in [2.05, 4.69) is 43.5 Å². The highest BCUT2D eigenvalue weighted by Gasteiger charge is 2.26. The van der Waals surface area contributed by atoms with E-state index in [0.29, 0.717) is 17.8 Å². The average Bonchev–Trinajstić information content (AvgIpc) is 2.77. The highest BCUT2D eigenvalue weighted by Crippen LogP contribution is 2.23. The third-order valence-corrected chi connectivity index (χ3v) is 7.70. The summed E-state index contributed by atoms with van der Waals surface area (Å²) in [6.45, 7) is 6.84. The van der Waals surface area contributed by atoms with Crippen LogP contribution in [-0.2, 0) is 17.3 Å². The van der Waals surface area contributed by atoms with Gasteiger partial charge < -0.3 is 20.4 Å². The van der Waals surface area contributed by atoms with Crippen molar-refractivity contribution >= 4 is 22.6 Å². The van der Waals surface area contributed by atoms with Crippen molar-refractivity contribution in [1.82, 2.24) is 20.5 Å². The number of pyridine rings is 1. The van der Waals surface area contributed by atoms with Gasteiger partial charge in [0.2, 0.25) is 0 Å². The van der Waals surface area contributed by atoms with Crippen LogP contribution in [0.2, 0.25) is 0 Å². The summed E-state index contributed by atoms with van der Waals surface area (Å²) in [5.41, 5.74) is 1.19. The Morgan fingerprint density at radius 1 is 1.31 bits per heavy atom. The number of piperazine rings is 1. The first-order valence-electron chi connectivity index (χ1n) is 10.8. The van der Waals surface area contributed by atoms with E-state index in [-0.39, 0.29) is 0 Å². The third kappa shape index (κ3) is 6.15. The first kappa shape index (κ1) is 22.0. The predicted octanol–water partition coefficient (Wildman–Crippen LogP) is 1.58. The molecule has 0 aromatic carbocycles. The van der Waals surface area contributed by atoms with Crippen molar-refractivity contribution < 1.29 is 4.21 Å². The molecule has 1 saturated heterocycles. The van der Waals surface area contributed by atoms with Crippen LogP contribution in [0.5, 0.6) is 0 Å². The van der Waals surface area contributed by atoms with Crippen LogP contribution in [0.1, 0.15) is 38.2 Å². The van der Waals surface area contributed by atoms with Crippen LogP contribution in [-0.4, -0.2) is 77.4 Å². The molecule has 2 fully saturated rings. The van der Waals surface area contributed by atoms with Crippen molar-refractivity contribution in [3.8, 4) is 0 Å². The lowest BCUT2D eigenvalue weighted by molar-refractivity contribution is 0.312. The zero-order valence-corrected chi connectivity index (χ0v) is 18.9. The molecule has 7 nitrogen and oxygen atoms in total. The van der Waals surface area contributed by atoms with Gasteiger partial charge >= 0.3 is 0 Å². The van der Waals surface area contributed by atoms with E-state index in [1.165, 1.54) is 5.56 Å². The number of nitrogens with zero attached hydrogens (tertiary/aromatic N) is 4. The fourth-order valence-corrected chi connectivity index (χ4v) is 5.54. The van der Waals surface area contributed by atoms with Crippen molar-refractivity contribution in [3.05, 3.63) is 23.9 Å². The highest BCUT2D eigenvalue weighted by molar-refractivity contribution is 7.85. The number of nitrogens with one attached hydrogen (secondary N) is 2. The van der Waals surface area contributed by atoms with Crippen molar-refractivity contribution in [2.75, 3.05) is 50.9 Å². The van der Waals surface area contributed by atoms with Gasteiger partial charge in [-0.1, -0.05) is 19.4 Å². The van der Waals surface area contributed by atoms with Gasteiger partial charge in [-0.25, -0.2) is 4.98 Å². The van der Waals surface area contributed by atoms with Gasteiger partial charge in [0, 0.05) is 79.4 Å². The molecule has 3 unspecified atom stereocenters. The summed E-state index contributed by atoms with van der Waals surface area (Å²) in [6, 6.07) is 4.47. The molecule has 1 aromatic rings. The molecule has 2 aliphatic rings. The third-order valence-electron chi connectivity index (χ3n) is 5.96. The van der Waals surface area contributed by atoms with E-state index < -0.39 is 10.8 Å². The number of aromatic nitrogens is 1. The largest absolute Gasteiger partial charge is 0.354 e. The Hall–Kier alpha value is -1.67. The van der Waals surface area contributed by atoms with Gasteiger partial charge in [0.05, 0.1) is 0 Å². The second kappa shape index (κ2) is 10.9. The fourth-order valence-electron chi connectivity index (χ4n) is 4.19. The molecule has 2 N–H and O–H groups in total. The van der Waals surface area contributed by atoms with E-state index in [4.69, 9.17) is 0 Å². The minimum absolute atomic E-state index is 0.312. The van der Waals surface area contributed by atoms with Crippen molar-refractivity contribution in [3.63, 3.8) is 0 Å². The second-order valence-electron chi connectivity index (χ2n) is 8.00. The molecule has 1 aromatic heterocycles. The van der Waals surface area contributed by atoms with Crippen LogP contribution in [0.4, 0.5) is 5.82 Å². The number of hydrogen-bond donors (Lipinski definition) is 2. The molecular formula is C21H36N6OS. The summed E-state index contributed by atoms with van der Waals surface area (Å²) in [6.07, 6.45) is 6.15. The van der Waals surface area contributed by atoms with Crippen LogP contribution in [0.25, 0.3) is 0 Å². The van der Waals surface area contributed by atoms with Crippen molar-refractivity contribution in [2.45, 2.75) is 50.4 Å². The molecule has 29 heavy (non-hydrogen) atoms. The summed E-state index contributed by atoms with van der Waals surface area (Å²) < 4.78 is 12.2. The maximum atomic E-state index is 12.2. The monoisotopic (exact) mass is 420 g/mol. The lowest BCUT2D eigenvalue weighted by atomic mass is 9.95. The molecule has 2 heterocycles. The van der Waals surface area contributed by atoms with E-state index in [1.807, 2.05) is 26.2 Å². The Morgan fingerprint density at radius 3 is 2.83 bits per heavy atom. The van der Waals surface area contributed by atoms with Gasteiger partial charge in [-0.05, 0) is 32.4 Å². The Balaban J connectivity index is 1.57. The number of anilines is 1. The van der Waals surface area contributed by atoms with E-state index in [1.54, 1.807) is 0 Å². The molecule has 1 saturated carbocycles. The summed E-state index contributed by atoms with van der Waals surface area (Å²) in [7, 11) is 3.27. The molecule has 1 aliphatic carbocycles. The SMILES string of the molecule is CCS(=O)C1CCCC(NC(=NC)NCc2cccnc2N2CCN(C)CC2)C1. The topological polar surface area (TPSA) is 72.9 Å². The molecule has 0 amide bonds. The molecule has 3 atom stereocenters. The zero-order chi connectivity index (χ0) is 20.6. The summed E-state index contributed by atoms with van der Waals surface area (Å²) in [5.74, 6) is 2.63. The Labute approximate surface area is 177 Å². The first-order valence-corrected chi connectivity index (χ1v) is 12.2. The first-order chi connectivity index (χ1) is 14.1. The molecule has 0 bridgehead atoms. The molecule has 0 spiro atoms. The number of rotatable bonds is 6. The van der Waals surface area contributed by atoms with Gasteiger partial charge in [-0.15, -0.1) is 0 Å². The number of aliphatic imine (C=N–C) groups is 1. The number of guanidine groups is 1. The Kier molecular flexibility index (Phi) is 8.29. The molecule has 0 radical (unpaired) electrons. The minimum Gasteiger partial charge on any atom is -0.354 e. The maximum Gasteiger partial charge on any atom is 0.191 e. The zero-order valence-electron chi connectivity index (χ0n) is 18.1. The summed E-state index contributed by atoms with van der Waals surface area (Å²) in [4.78, 5) is 13.8. The van der Waals surface area contributed by atoms with Gasteiger partial charge in [0.15, 0.2) is 5.96 Å². The van der Waals surface area contributed by atoms with E-state index >= 15 is 0 Å². The summed E-state index contributed by atoms with van der Waals surface area (Å²) >= 11 is 0. The maximum absolute atomic E-state index is 12.2. The summed E-state index contributed by atoms with van der Waals surface area (Å²) in [5, 5.41) is 7.33. The number of hydrogen-bond acceptors (Lipinski definition) is 5. The molecule has 162 valence electrons. The van der Waals surface area contributed by atoms with Crippen LogP contribution in [0.15, 0.2) is 23.3 Å². The van der Waals surface area contributed by atoms with Crippen LogP contribution in [0, 0.1) is 0 Å². The molecule has 3 rings (SSSR count). The average molecular weight is 421 g/mol. The highest BCUT2D eigenvalue weighted by atomic mass is 32.2. The van der Waals surface area contributed by atoms with Gasteiger partial charge in [0.25, 0.3) is 0 Å². The van der Waals surface area contributed by atoms with Crippen molar-refractivity contribution in [1.29, 1.82) is 0 Å². The van der Waals surface area contributed by atoms with Crippen LogP contribution in [0.3, 0.4) is 0 Å². The number of likely N-dealkylation sites (N-methyl/N-ethyl adjacent to an activating group) is 1. The lowest BCUT2D eigenvalue weighted by Crippen LogP contribution is -2.47. The van der Waals surface area contributed by atoms with Crippen molar-refractivity contribution in [2.24, 2.45) is 4.99 Å². The Bertz CT molecular complexity index is 704. The lowest BCUT2D eigenvalue weighted by Gasteiger charge is -2.34. The van der Waals surface area contributed by atoms with Crippen LogP contribution < -0.4 is 15.5 Å². The predicted molar refractivity (Wildman–Crippen MR) is 122 cm³/mol. The van der Waals surface area contributed by atoms with Gasteiger partial charge in [0.1, 0.15) is 5.82 Å². The fraction of sp³-hybridized carbons (Fsp3) is 0.714. The quantitative estimate of drug-likeness (QED) is 0.538. The molecule has 1 aliphatic heterocycles. The molecule has 8 heteroatoms. The molecular weight excluding hydrogens is 384 g/mol. The van der Waals surface area contributed by atoms with E-state index in [0.717, 1.165) is 69.4 Å². The smallest absolute Gasteiger partial charge is 0.191 e. The normalized spacial score (nSPS) is 24.9. The van der Waals surface area contributed by atoms with Gasteiger partial charge in [-0.2, -0.15) is 0 Å². The standard InChI is InChI=1S/C21H36N6OS/c1-4-29(28)19-9-5-8-18(15-19)25-21(22-2)24-16-17-7-6-10-23-20(17)27-13-11-26(3)12-14-27/h6-7,10,18-19H,4-5,8-9,11-16H2,1-3H3,(H2,22,24,25).